The largest absolute Gasteiger partial charge is 0.289 e. The van der Waals surface area contributed by atoms with Gasteiger partial charge in [0.25, 0.3) is 0 Å². The third-order valence-electron chi connectivity index (χ3n) is 3.70. The lowest BCUT2D eigenvalue weighted by atomic mass is 9.96. The van der Waals surface area contributed by atoms with Gasteiger partial charge in [0.1, 0.15) is 0 Å². The molecular formula is C20H16O2. The Morgan fingerprint density at radius 2 is 1.27 bits per heavy atom. The standard InChI is InChI=1S/C20H16O2/c21-19(15-7-3-1-4-8-15)17-11-13-18(14-12-17)20(22)16-9-5-2-6-10-16/h1,3-5,7-14H,2,6H2. The molecule has 0 radical (unpaired) electrons. The summed E-state index contributed by atoms with van der Waals surface area (Å²) in [6, 6.07) is 16.0. The van der Waals surface area contributed by atoms with Gasteiger partial charge in [-0.15, -0.1) is 0 Å². The molecule has 0 N–H and O–H groups in total. The van der Waals surface area contributed by atoms with Crippen molar-refractivity contribution >= 4 is 11.6 Å². The number of ketones is 2. The number of rotatable bonds is 4. The van der Waals surface area contributed by atoms with E-state index in [0.29, 0.717) is 16.7 Å². The SMILES string of the molecule is O=C(C1=CCCC=C1)c1ccc(C(=O)c2ccccc2)cc1. The zero-order chi connectivity index (χ0) is 15.4. The summed E-state index contributed by atoms with van der Waals surface area (Å²) < 4.78 is 0. The minimum Gasteiger partial charge on any atom is -0.289 e. The van der Waals surface area contributed by atoms with Crippen molar-refractivity contribution in [1.82, 2.24) is 0 Å². The first-order valence-corrected chi connectivity index (χ1v) is 7.37. The van der Waals surface area contributed by atoms with Gasteiger partial charge in [0.05, 0.1) is 0 Å². The number of benzene rings is 2. The molecular weight excluding hydrogens is 272 g/mol. The highest BCUT2D eigenvalue weighted by molar-refractivity contribution is 6.12. The molecule has 0 saturated heterocycles. The minimum absolute atomic E-state index is 0.00894. The number of hydrogen-bond donors (Lipinski definition) is 0. The van der Waals surface area contributed by atoms with E-state index in [-0.39, 0.29) is 11.6 Å². The number of allylic oxidation sites excluding steroid dienone is 4. The second-order valence-corrected chi connectivity index (χ2v) is 5.24. The summed E-state index contributed by atoms with van der Waals surface area (Å²) in [4.78, 5) is 24.7. The van der Waals surface area contributed by atoms with E-state index < -0.39 is 0 Å². The predicted molar refractivity (Wildman–Crippen MR) is 87.1 cm³/mol. The molecule has 1 aliphatic carbocycles. The first-order valence-electron chi connectivity index (χ1n) is 7.37. The van der Waals surface area contributed by atoms with Crippen molar-refractivity contribution in [2.24, 2.45) is 0 Å². The Morgan fingerprint density at radius 3 is 1.86 bits per heavy atom. The molecule has 2 heteroatoms. The first-order chi connectivity index (χ1) is 10.8. The molecule has 0 spiro atoms. The lowest BCUT2D eigenvalue weighted by Crippen LogP contribution is -2.05. The summed E-state index contributed by atoms with van der Waals surface area (Å²) in [6.07, 6.45) is 7.74. The van der Waals surface area contributed by atoms with Crippen LogP contribution in [0.4, 0.5) is 0 Å². The average molecular weight is 288 g/mol. The van der Waals surface area contributed by atoms with Crippen LogP contribution in [0.1, 0.15) is 39.1 Å². The number of carbonyl (C=O) groups is 2. The Balaban J connectivity index is 1.81. The average Bonchev–Trinajstić information content (AvgIpc) is 2.62. The Kier molecular flexibility index (Phi) is 4.10. The zero-order valence-corrected chi connectivity index (χ0v) is 12.2. The molecule has 2 nitrogen and oxygen atoms in total. The van der Waals surface area contributed by atoms with Crippen molar-refractivity contribution in [2.45, 2.75) is 12.8 Å². The summed E-state index contributed by atoms with van der Waals surface area (Å²) in [5.41, 5.74) is 2.59. The molecule has 0 saturated carbocycles. The Morgan fingerprint density at radius 1 is 0.682 bits per heavy atom. The third-order valence-corrected chi connectivity index (χ3v) is 3.70. The maximum Gasteiger partial charge on any atom is 0.193 e. The van der Waals surface area contributed by atoms with Crippen LogP contribution in [0.2, 0.25) is 0 Å². The zero-order valence-electron chi connectivity index (χ0n) is 12.2. The van der Waals surface area contributed by atoms with E-state index in [0.717, 1.165) is 18.4 Å². The third kappa shape index (κ3) is 2.96. The van der Waals surface area contributed by atoms with Crippen LogP contribution < -0.4 is 0 Å². The molecule has 0 bridgehead atoms. The summed E-state index contributed by atoms with van der Waals surface area (Å²) in [6.45, 7) is 0. The monoisotopic (exact) mass is 288 g/mol. The summed E-state index contributed by atoms with van der Waals surface area (Å²) >= 11 is 0. The smallest absolute Gasteiger partial charge is 0.193 e. The molecule has 2 aromatic rings. The van der Waals surface area contributed by atoms with Crippen LogP contribution in [0.25, 0.3) is 0 Å². The van der Waals surface area contributed by atoms with E-state index in [1.54, 1.807) is 36.4 Å². The van der Waals surface area contributed by atoms with Crippen molar-refractivity contribution in [3.63, 3.8) is 0 Å². The van der Waals surface area contributed by atoms with Gasteiger partial charge >= 0.3 is 0 Å². The maximum atomic E-state index is 12.3. The first kappa shape index (κ1) is 14.2. The van der Waals surface area contributed by atoms with Crippen molar-refractivity contribution in [3.05, 3.63) is 95.1 Å². The molecule has 108 valence electrons. The molecule has 0 amide bonds. The fourth-order valence-corrected chi connectivity index (χ4v) is 2.48. The van der Waals surface area contributed by atoms with E-state index in [1.165, 1.54) is 0 Å². The van der Waals surface area contributed by atoms with Crippen molar-refractivity contribution in [2.75, 3.05) is 0 Å². The van der Waals surface area contributed by atoms with Gasteiger partial charge in [-0.2, -0.15) is 0 Å². The number of Topliss-reactive ketones (excluding diaryl/α,β-unsaturated/α-hetero) is 1. The molecule has 0 heterocycles. The molecule has 0 aromatic heterocycles. The van der Waals surface area contributed by atoms with Gasteiger partial charge in [0.2, 0.25) is 0 Å². The lowest BCUT2D eigenvalue weighted by molar-refractivity contribution is 0.102. The van der Waals surface area contributed by atoms with E-state index in [4.69, 9.17) is 0 Å². The van der Waals surface area contributed by atoms with Crippen LogP contribution in [0.15, 0.2) is 78.4 Å². The van der Waals surface area contributed by atoms with Crippen LogP contribution in [0.3, 0.4) is 0 Å². The Hall–Kier alpha value is -2.74. The maximum absolute atomic E-state index is 12.3. The molecule has 22 heavy (non-hydrogen) atoms. The van der Waals surface area contributed by atoms with Gasteiger partial charge < -0.3 is 0 Å². The fraction of sp³-hybridized carbons (Fsp3) is 0.100. The van der Waals surface area contributed by atoms with Gasteiger partial charge in [-0.3, -0.25) is 9.59 Å². The van der Waals surface area contributed by atoms with Gasteiger partial charge in [-0.25, -0.2) is 0 Å². The number of carbonyl (C=O) groups excluding carboxylic acids is 2. The van der Waals surface area contributed by atoms with Gasteiger partial charge in [-0.05, 0) is 12.8 Å². The molecule has 3 rings (SSSR count). The van der Waals surface area contributed by atoms with E-state index in [2.05, 4.69) is 0 Å². The molecule has 2 aromatic carbocycles. The van der Waals surface area contributed by atoms with Crippen LogP contribution in [-0.2, 0) is 0 Å². The Bertz CT molecular complexity index is 750. The lowest BCUT2D eigenvalue weighted by Gasteiger charge is -2.07. The van der Waals surface area contributed by atoms with Crippen LogP contribution >= 0.6 is 0 Å². The van der Waals surface area contributed by atoms with Crippen molar-refractivity contribution in [3.8, 4) is 0 Å². The highest BCUT2D eigenvalue weighted by Crippen LogP contribution is 2.17. The quantitative estimate of drug-likeness (QED) is 0.782. The number of hydrogen-bond acceptors (Lipinski definition) is 2. The topological polar surface area (TPSA) is 34.1 Å². The van der Waals surface area contributed by atoms with Gasteiger partial charge in [0.15, 0.2) is 11.6 Å². The van der Waals surface area contributed by atoms with E-state index in [9.17, 15) is 9.59 Å². The van der Waals surface area contributed by atoms with Crippen LogP contribution in [0, 0.1) is 0 Å². The second kappa shape index (κ2) is 6.35. The molecule has 0 fully saturated rings. The highest BCUT2D eigenvalue weighted by atomic mass is 16.1. The van der Waals surface area contributed by atoms with Crippen molar-refractivity contribution in [1.29, 1.82) is 0 Å². The predicted octanol–water partition coefficient (Wildman–Crippen LogP) is 4.38. The fourth-order valence-electron chi connectivity index (χ4n) is 2.48. The van der Waals surface area contributed by atoms with E-state index >= 15 is 0 Å². The molecule has 1 aliphatic rings. The minimum atomic E-state index is -0.0311. The highest BCUT2D eigenvalue weighted by Gasteiger charge is 2.13. The molecule has 0 unspecified atom stereocenters. The van der Waals surface area contributed by atoms with Gasteiger partial charge in [-0.1, -0.05) is 72.8 Å². The normalized spacial score (nSPS) is 13.5. The summed E-state index contributed by atoms with van der Waals surface area (Å²) in [5, 5.41) is 0. The Labute approximate surface area is 129 Å². The molecule has 0 atom stereocenters. The van der Waals surface area contributed by atoms with Crippen LogP contribution in [-0.4, -0.2) is 11.6 Å². The second-order valence-electron chi connectivity index (χ2n) is 5.24. The molecule has 0 aliphatic heterocycles. The van der Waals surface area contributed by atoms with E-state index in [1.807, 2.05) is 36.4 Å². The van der Waals surface area contributed by atoms with Gasteiger partial charge in [0, 0.05) is 22.3 Å². The van der Waals surface area contributed by atoms with Crippen molar-refractivity contribution < 1.29 is 9.59 Å². The summed E-state index contributed by atoms with van der Waals surface area (Å²) in [5.74, 6) is -0.0222. The van der Waals surface area contributed by atoms with Crippen LogP contribution in [0.5, 0.6) is 0 Å². The summed E-state index contributed by atoms with van der Waals surface area (Å²) in [7, 11) is 0.